The van der Waals surface area contributed by atoms with E-state index in [4.69, 9.17) is 11.6 Å². The van der Waals surface area contributed by atoms with Crippen LogP contribution in [0.15, 0.2) is 49.1 Å². The van der Waals surface area contributed by atoms with Gasteiger partial charge in [0.25, 0.3) is 0 Å². The fourth-order valence-corrected chi connectivity index (χ4v) is 5.29. The molecular weight excluding hydrogens is 444 g/mol. The van der Waals surface area contributed by atoms with Crippen molar-refractivity contribution in [1.82, 2.24) is 19.4 Å². The topological polar surface area (TPSA) is 84.2 Å². The molecule has 0 aliphatic heterocycles. The quantitative estimate of drug-likeness (QED) is 0.399. The molecule has 2 atom stereocenters. The lowest BCUT2D eigenvalue weighted by Crippen LogP contribution is -2.16. The van der Waals surface area contributed by atoms with E-state index in [2.05, 4.69) is 48.3 Å². The summed E-state index contributed by atoms with van der Waals surface area (Å²) in [5, 5.41) is 6.19. The molecule has 2 aliphatic carbocycles. The molecule has 32 heavy (non-hydrogen) atoms. The molecule has 162 valence electrons. The number of fused-ring (bicyclic) bond motifs is 1. The molecule has 4 aromatic heterocycles. The first-order chi connectivity index (χ1) is 15.6. The van der Waals surface area contributed by atoms with Crippen molar-refractivity contribution in [2.24, 2.45) is 5.92 Å². The second-order valence-corrected chi connectivity index (χ2v) is 10.2. The fraction of sp³-hybridized carbons (Fsp3) is 0.304. The summed E-state index contributed by atoms with van der Waals surface area (Å²) >= 11 is 7.56. The maximum Gasteiger partial charge on any atom is 0.229 e. The Hall–Kier alpha value is -2.97. The van der Waals surface area contributed by atoms with Gasteiger partial charge >= 0.3 is 0 Å². The number of hydrogen-bond acceptors (Lipinski definition) is 6. The van der Waals surface area contributed by atoms with Gasteiger partial charge in [-0.05, 0) is 48.9 Å². The van der Waals surface area contributed by atoms with Crippen molar-refractivity contribution < 1.29 is 4.79 Å². The first-order valence-electron chi connectivity index (χ1n) is 10.7. The standard InChI is InChI=1S/C23H21ClN6OS/c24-19-5-4-18(32-19)16-7-17(16)23(31)29-21-8-20(26-12-27-21)25-9-15-11-30-10-14(13-1-2-13)3-6-22(30)28-15/h3-6,8,10-13,16-17H,1-2,7,9H2,(H2,25,26,27,29,31)/t16-,17-/m0/s1. The summed E-state index contributed by atoms with van der Waals surface area (Å²) in [6.45, 7) is 0.536. The maximum absolute atomic E-state index is 12.6. The molecule has 0 radical (unpaired) electrons. The molecular formula is C23H21ClN6OS. The molecule has 7 nitrogen and oxygen atoms in total. The zero-order chi connectivity index (χ0) is 21.7. The third kappa shape index (κ3) is 4.08. The number of imidazole rings is 1. The summed E-state index contributed by atoms with van der Waals surface area (Å²) in [5.74, 6) is 2.05. The van der Waals surface area contributed by atoms with Crippen LogP contribution >= 0.6 is 22.9 Å². The second kappa shape index (κ2) is 7.86. The molecule has 0 aromatic carbocycles. The Kier molecular flexibility index (Phi) is 4.84. The summed E-state index contributed by atoms with van der Waals surface area (Å²) in [5.41, 5.74) is 3.25. The number of nitrogens with one attached hydrogen (secondary N) is 2. The fourth-order valence-electron chi connectivity index (χ4n) is 4.05. The molecule has 0 unspecified atom stereocenters. The molecule has 0 spiro atoms. The highest BCUT2D eigenvalue weighted by Gasteiger charge is 2.44. The number of hydrogen-bond donors (Lipinski definition) is 2. The molecule has 2 aliphatic rings. The highest BCUT2D eigenvalue weighted by atomic mass is 35.5. The molecule has 4 heterocycles. The molecule has 0 saturated heterocycles. The van der Waals surface area contributed by atoms with E-state index in [1.165, 1.54) is 24.7 Å². The number of halogens is 1. The summed E-state index contributed by atoms with van der Waals surface area (Å²) in [6.07, 6.45) is 9.08. The van der Waals surface area contributed by atoms with Crippen LogP contribution in [0.2, 0.25) is 4.34 Å². The first kappa shape index (κ1) is 19.7. The summed E-state index contributed by atoms with van der Waals surface area (Å²) in [7, 11) is 0. The third-order valence-electron chi connectivity index (χ3n) is 6.03. The molecule has 0 bridgehead atoms. The molecule has 9 heteroatoms. The van der Waals surface area contributed by atoms with E-state index in [9.17, 15) is 4.79 Å². The molecule has 2 saturated carbocycles. The lowest BCUT2D eigenvalue weighted by Gasteiger charge is -2.07. The number of anilines is 2. The van der Waals surface area contributed by atoms with E-state index in [0.29, 0.717) is 24.1 Å². The van der Waals surface area contributed by atoms with E-state index in [-0.39, 0.29) is 17.7 Å². The number of rotatable bonds is 7. The van der Waals surface area contributed by atoms with E-state index >= 15 is 0 Å². The van der Waals surface area contributed by atoms with Crippen molar-refractivity contribution in [1.29, 1.82) is 0 Å². The largest absolute Gasteiger partial charge is 0.364 e. The van der Waals surface area contributed by atoms with Crippen molar-refractivity contribution in [3.8, 4) is 0 Å². The normalized spacial score (nSPS) is 19.8. The average Bonchev–Trinajstić information content (AvgIpc) is 3.71. The van der Waals surface area contributed by atoms with Crippen LogP contribution in [0.4, 0.5) is 11.6 Å². The van der Waals surface area contributed by atoms with Crippen LogP contribution in [0.5, 0.6) is 0 Å². The SMILES string of the molecule is O=C(Nc1cc(NCc2cn3cc(C4CC4)ccc3n2)ncn1)[C@H]1C[C@@H]1c1ccc(Cl)s1. The van der Waals surface area contributed by atoms with Gasteiger partial charge in [-0.3, -0.25) is 4.79 Å². The predicted octanol–water partition coefficient (Wildman–Crippen LogP) is 5.07. The lowest BCUT2D eigenvalue weighted by molar-refractivity contribution is -0.117. The van der Waals surface area contributed by atoms with Crippen LogP contribution < -0.4 is 10.6 Å². The molecule has 6 rings (SSSR count). The summed E-state index contributed by atoms with van der Waals surface area (Å²) in [4.78, 5) is 26.9. The van der Waals surface area contributed by atoms with Gasteiger partial charge in [-0.15, -0.1) is 11.3 Å². The Morgan fingerprint density at radius 2 is 2.03 bits per heavy atom. The minimum atomic E-state index is -0.0328. The molecule has 2 N–H and O–H groups in total. The highest BCUT2D eigenvalue weighted by molar-refractivity contribution is 7.16. The summed E-state index contributed by atoms with van der Waals surface area (Å²) in [6, 6.07) is 9.88. The lowest BCUT2D eigenvalue weighted by atomic mass is 10.2. The van der Waals surface area contributed by atoms with Crippen LogP contribution in [0.25, 0.3) is 5.65 Å². The van der Waals surface area contributed by atoms with Crippen molar-refractivity contribution in [3.05, 3.63) is 69.5 Å². The Balaban J connectivity index is 1.08. The number of thiophene rings is 1. The number of carbonyl (C=O) groups excluding carboxylic acids is 1. The van der Waals surface area contributed by atoms with Crippen molar-refractivity contribution in [2.45, 2.75) is 37.6 Å². The smallest absolute Gasteiger partial charge is 0.229 e. The average molecular weight is 465 g/mol. The Morgan fingerprint density at radius 3 is 2.84 bits per heavy atom. The summed E-state index contributed by atoms with van der Waals surface area (Å²) < 4.78 is 2.84. The zero-order valence-electron chi connectivity index (χ0n) is 17.2. The minimum absolute atomic E-state index is 0.0176. The van der Waals surface area contributed by atoms with Crippen molar-refractivity contribution >= 4 is 46.1 Å². The van der Waals surface area contributed by atoms with Gasteiger partial charge in [-0.1, -0.05) is 17.7 Å². The van der Waals surface area contributed by atoms with Gasteiger partial charge in [0.15, 0.2) is 0 Å². The first-order valence-corrected chi connectivity index (χ1v) is 11.9. The van der Waals surface area contributed by atoms with E-state index in [1.54, 1.807) is 17.4 Å². The van der Waals surface area contributed by atoms with Gasteiger partial charge in [0.1, 0.15) is 23.6 Å². The van der Waals surface area contributed by atoms with Crippen molar-refractivity contribution in [3.63, 3.8) is 0 Å². The van der Waals surface area contributed by atoms with Crippen LogP contribution in [0, 0.1) is 5.92 Å². The molecule has 4 aromatic rings. The van der Waals surface area contributed by atoms with Gasteiger partial charge in [-0.2, -0.15) is 0 Å². The van der Waals surface area contributed by atoms with E-state index < -0.39 is 0 Å². The molecule has 1 amide bonds. The van der Waals surface area contributed by atoms with Gasteiger partial charge in [0, 0.05) is 35.2 Å². The van der Waals surface area contributed by atoms with E-state index in [1.807, 2.05) is 18.3 Å². The monoisotopic (exact) mass is 464 g/mol. The number of amides is 1. The Bertz CT molecular complexity index is 1310. The van der Waals surface area contributed by atoms with E-state index in [0.717, 1.165) is 27.0 Å². The van der Waals surface area contributed by atoms with Gasteiger partial charge in [0.05, 0.1) is 16.6 Å². The third-order valence-corrected chi connectivity index (χ3v) is 7.39. The predicted molar refractivity (Wildman–Crippen MR) is 125 cm³/mol. The Labute approximate surface area is 193 Å². The van der Waals surface area contributed by atoms with Crippen molar-refractivity contribution in [2.75, 3.05) is 10.6 Å². The number of pyridine rings is 1. The zero-order valence-corrected chi connectivity index (χ0v) is 18.7. The number of carbonyl (C=O) groups is 1. The van der Waals surface area contributed by atoms with Gasteiger partial charge < -0.3 is 15.0 Å². The molecule has 2 fully saturated rings. The number of aromatic nitrogens is 4. The second-order valence-electron chi connectivity index (χ2n) is 8.46. The van der Waals surface area contributed by atoms with Crippen LogP contribution in [-0.4, -0.2) is 25.3 Å². The number of nitrogens with zero attached hydrogens (tertiary/aromatic N) is 4. The highest BCUT2D eigenvalue weighted by Crippen LogP contribution is 2.50. The van der Waals surface area contributed by atoms with Gasteiger partial charge in [-0.25, -0.2) is 15.0 Å². The minimum Gasteiger partial charge on any atom is -0.364 e. The van der Waals surface area contributed by atoms with Crippen LogP contribution in [0.3, 0.4) is 0 Å². The Morgan fingerprint density at radius 1 is 1.16 bits per heavy atom. The van der Waals surface area contributed by atoms with Crippen LogP contribution in [-0.2, 0) is 11.3 Å². The van der Waals surface area contributed by atoms with Crippen LogP contribution in [0.1, 0.15) is 47.2 Å². The van der Waals surface area contributed by atoms with Gasteiger partial charge in [0.2, 0.25) is 5.91 Å². The maximum atomic E-state index is 12.6.